The fourth-order valence-electron chi connectivity index (χ4n) is 3.44. The summed E-state index contributed by atoms with van der Waals surface area (Å²) in [5.74, 6) is -0.171. The molecule has 2 aromatic rings. The second-order valence-electron chi connectivity index (χ2n) is 8.54. The first-order valence-electron chi connectivity index (χ1n) is 10.1. The van der Waals surface area contributed by atoms with Crippen LogP contribution in [0, 0.1) is 5.92 Å². The molecule has 0 spiro atoms. The van der Waals surface area contributed by atoms with E-state index < -0.39 is 0 Å². The lowest BCUT2D eigenvalue weighted by Crippen LogP contribution is -2.42. The van der Waals surface area contributed by atoms with Gasteiger partial charge in [-0.25, -0.2) is 5.43 Å². The number of hydrazone groups is 1. The van der Waals surface area contributed by atoms with E-state index in [2.05, 4.69) is 43.4 Å². The Balaban J connectivity index is 1.47. The van der Waals surface area contributed by atoms with Gasteiger partial charge in [-0.1, -0.05) is 63.2 Å². The highest BCUT2D eigenvalue weighted by Gasteiger charge is 2.27. The van der Waals surface area contributed by atoms with Crippen LogP contribution in [0.5, 0.6) is 0 Å². The predicted octanol–water partition coefficient (Wildman–Crippen LogP) is 3.99. The van der Waals surface area contributed by atoms with Crippen molar-refractivity contribution in [3.8, 4) is 0 Å². The smallest absolute Gasteiger partial charge is 0.253 e. The molecule has 152 valence electrons. The molecule has 0 saturated carbocycles. The number of hydrogen-bond donors (Lipinski definition) is 1. The number of likely N-dealkylation sites (tertiary alicyclic amines) is 1. The van der Waals surface area contributed by atoms with Gasteiger partial charge < -0.3 is 4.90 Å². The van der Waals surface area contributed by atoms with Crippen molar-refractivity contribution in [2.75, 3.05) is 13.1 Å². The first kappa shape index (κ1) is 20.8. The van der Waals surface area contributed by atoms with Crippen LogP contribution in [0.4, 0.5) is 0 Å². The normalized spacial score (nSPS) is 15.5. The second-order valence-corrected chi connectivity index (χ2v) is 8.54. The lowest BCUT2D eigenvalue weighted by atomic mass is 9.87. The summed E-state index contributed by atoms with van der Waals surface area (Å²) in [5, 5.41) is 4.11. The Morgan fingerprint density at radius 2 is 1.62 bits per heavy atom. The third-order valence-corrected chi connectivity index (χ3v) is 5.34. The number of rotatable bonds is 4. The number of amides is 2. The molecule has 1 saturated heterocycles. The molecule has 29 heavy (non-hydrogen) atoms. The van der Waals surface area contributed by atoms with Crippen molar-refractivity contribution in [2.24, 2.45) is 11.0 Å². The van der Waals surface area contributed by atoms with Crippen molar-refractivity contribution in [3.63, 3.8) is 0 Å². The highest BCUT2D eigenvalue weighted by atomic mass is 16.2. The van der Waals surface area contributed by atoms with Gasteiger partial charge in [0.2, 0.25) is 5.91 Å². The van der Waals surface area contributed by atoms with Crippen LogP contribution in [-0.2, 0) is 10.2 Å². The van der Waals surface area contributed by atoms with E-state index in [0.29, 0.717) is 31.5 Å². The summed E-state index contributed by atoms with van der Waals surface area (Å²) in [6.45, 7) is 7.70. The third-order valence-electron chi connectivity index (χ3n) is 5.34. The molecule has 0 unspecified atom stereocenters. The lowest BCUT2D eigenvalue weighted by Gasteiger charge is -2.31. The van der Waals surface area contributed by atoms with Crippen LogP contribution < -0.4 is 5.43 Å². The van der Waals surface area contributed by atoms with E-state index in [1.54, 1.807) is 6.21 Å². The van der Waals surface area contributed by atoms with Gasteiger partial charge in [0.15, 0.2) is 0 Å². The van der Waals surface area contributed by atoms with E-state index in [9.17, 15) is 9.59 Å². The number of carbonyl (C=O) groups excluding carboxylic acids is 2. The first-order valence-corrected chi connectivity index (χ1v) is 10.1. The molecular weight excluding hydrogens is 362 g/mol. The van der Waals surface area contributed by atoms with Gasteiger partial charge in [0.05, 0.1) is 6.21 Å². The summed E-state index contributed by atoms with van der Waals surface area (Å²) in [6, 6.07) is 17.4. The summed E-state index contributed by atoms with van der Waals surface area (Å²) >= 11 is 0. The standard InChI is InChI=1S/C24H29N3O2/c1-24(2,3)21-11-9-18(10-12-21)17-25-26-22(28)19-13-15-27(16-14-19)23(29)20-7-5-4-6-8-20/h4-12,17,19H,13-16H2,1-3H3,(H,26,28)/b25-17-. The van der Waals surface area contributed by atoms with Crippen LogP contribution in [0.3, 0.4) is 0 Å². The minimum atomic E-state index is -0.116. The largest absolute Gasteiger partial charge is 0.339 e. The summed E-state index contributed by atoms with van der Waals surface area (Å²) in [7, 11) is 0. The van der Waals surface area contributed by atoms with Crippen molar-refractivity contribution >= 4 is 18.0 Å². The molecule has 0 aromatic heterocycles. The predicted molar refractivity (Wildman–Crippen MR) is 116 cm³/mol. The highest BCUT2D eigenvalue weighted by molar-refractivity contribution is 5.94. The molecule has 1 fully saturated rings. The highest BCUT2D eigenvalue weighted by Crippen LogP contribution is 2.22. The zero-order chi connectivity index (χ0) is 20.9. The number of hydrogen-bond acceptors (Lipinski definition) is 3. The van der Waals surface area contributed by atoms with E-state index in [0.717, 1.165) is 5.56 Å². The minimum absolute atomic E-state index is 0.0289. The molecular formula is C24H29N3O2. The van der Waals surface area contributed by atoms with Crippen LogP contribution >= 0.6 is 0 Å². The Labute approximate surface area is 172 Å². The van der Waals surface area contributed by atoms with Crippen molar-refractivity contribution in [2.45, 2.75) is 39.0 Å². The quantitative estimate of drug-likeness (QED) is 0.633. The average molecular weight is 392 g/mol. The van der Waals surface area contributed by atoms with Crippen LogP contribution in [0.1, 0.15) is 55.1 Å². The van der Waals surface area contributed by atoms with E-state index in [-0.39, 0.29) is 23.1 Å². The number of piperidine rings is 1. The van der Waals surface area contributed by atoms with E-state index in [1.165, 1.54) is 5.56 Å². The maximum atomic E-state index is 12.5. The summed E-state index contributed by atoms with van der Waals surface area (Å²) in [4.78, 5) is 26.7. The third kappa shape index (κ3) is 5.53. The molecule has 2 amide bonds. The molecule has 0 radical (unpaired) electrons. The number of nitrogens with zero attached hydrogens (tertiary/aromatic N) is 2. The van der Waals surface area contributed by atoms with Gasteiger partial charge in [-0.05, 0) is 41.5 Å². The summed E-state index contributed by atoms with van der Waals surface area (Å²) in [6.07, 6.45) is 2.97. The van der Waals surface area contributed by atoms with Gasteiger partial charge >= 0.3 is 0 Å². The molecule has 5 heteroatoms. The maximum Gasteiger partial charge on any atom is 0.253 e. The number of carbonyl (C=O) groups is 2. The monoisotopic (exact) mass is 391 g/mol. The van der Waals surface area contributed by atoms with Crippen LogP contribution in [0.15, 0.2) is 59.7 Å². The van der Waals surface area contributed by atoms with Gasteiger partial charge in [0, 0.05) is 24.6 Å². The Morgan fingerprint density at radius 1 is 1.00 bits per heavy atom. The molecule has 1 aliphatic heterocycles. The maximum absolute atomic E-state index is 12.5. The Morgan fingerprint density at radius 3 is 2.21 bits per heavy atom. The van der Waals surface area contributed by atoms with E-state index in [1.807, 2.05) is 47.4 Å². The molecule has 0 aliphatic carbocycles. The van der Waals surface area contributed by atoms with Crippen molar-refractivity contribution in [1.82, 2.24) is 10.3 Å². The lowest BCUT2D eigenvalue weighted by molar-refractivity contribution is -0.126. The zero-order valence-corrected chi connectivity index (χ0v) is 17.4. The minimum Gasteiger partial charge on any atom is -0.339 e. The summed E-state index contributed by atoms with van der Waals surface area (Å²) in [5.41, 5.74) is 5.66. The van der Waals surface area contributed by atoms with Crippen molar-refractivity contribution in [1.29, 1.82) is 0 Å². The number of nitrogens with one attached hydrogen (secondary N) is 1. The average Bonchev–Trinajstić information content (AvgIpc) is 2.73. The molecule has 2 aromatic carbocycles. The topological polar surface area (TPSA) is 61.8 Å². The Bertz CT molecular complexity index is 859. The van der Waals surface area contributed by atoms with Gasteiger partial charge in [-0.3, -0.25) is 9.59 Å². The van der Waals surface area contributed by atoms with E-state index in [4.69, 9.17) is 0 Å². The second kappa shape index (κ2) is 9.03. The Hall–Kier alpha value is -2.95. The fraction of sp³-hybridized carbons (Fsp3) is 0.375. The van der Waals surface area contributed by atoms with Crippen molar-refractivity contribution in [3.05, 3.63) is 71.3 Å². The zero-order valence-electron chi connectivity index (χ0n) is 17.4. The first-order chi connectivity index (χ1) is 13.8. The molecule has 0 bridgehead atoms. The van der Waals surface area contributed by atoms with Gasteiger partial charge in [0.25, 0.3) is 5.91 Å². The van der Waals surface area contributed by atoms with Crippen molar-refractivity contribution < 1.29 is 9.59 Å². The molecule has 1 aliphatic rings. The molecule has 5 nitrogen and oxygen atoms in total. The van der Waals surface area contributed by atoms with Crippen LogP contribution in [-0.4, -0.2) is 36.0 Å². The Kier molecular flexibility index (Phi) is 6.47. The molecule has 1 N–H and O–H groups in total. The van der Waals surface area contributed by atoms with Gasteiger partial charge in [0.1, 0.15) is 0 Å². The van der Waals surface area contributed by atoms with Gasteiger partial charge in [-0.2, -0.15) is 5.10 Å². The SMILES string of the molecule is CC(C)(C)c1ccc(/C=N\NC(=O)C2CCN(C(=O)c3ccccc3)CC2)cc1. The molecule has 3 rings (SSSR count). The van der Waals surface area contributed by atoms with Crippen LogP contribution in [0.2, 0.25) is 0 Å². The number of benzene rings is 2. The summed E-state index contributed by atoms with van der Waals surface area (Å²) < 4.78 is 0. The van der Waals surface area contributed by atoms with Gasteiger partial charge in [-0.15, -0.1) is 0 Å². The molecule has 0 atom stereocenters. The van der Waals surface area contributed by atoms with Crippen LogP contribution in [0.25, 0.3) is 0 Å². The fourth-order valence-corrected chi connectivity index (χ4v) is 3.44. The van der Waals surface area contributed by atoms with E-state index >= 15 is 0 Å². The molecule has 1 heterocycles.